The molecule has 0 spiro atoms. The lowest BCUT2D eigenvalue weighted by Gasteiger charge is -2.24. The summed E-state index contributed by atoms with van der Waals surface area (Å²) >= 11 is 0. The smallest absolute Gasteiger partial charge is 0.266 e. The molecule has 1 aliphatic rings. The fourth-order valence-electron chi connectivity index (χ4n) is 3.41. The third kappa shape index (κ3) is 3.55. The van der Waals surface area contributed by atoms with Crippen LogP contribution in [0.3, 0.4) is 0 Å². The lowest BCUT2D eigenvalue weighted by Crippen LogP contribution is -2.37. The number of hydrogen-bond donors (Lipinski definition) is 0. The molecule has 26 heavy (non-hydrogen) atoms. The number of aryl methyl sites for hydroxylation is 1. The van der Waals surface area contributed by atoms with Gasteiger partial charge in [0, 0.05) is 37.2 Å². The van der Waals surface area contributed by atoms with Crippen molar-refractivity contribution in [3.05, 3.63) is 65.0 Å². The van der Waals surface area contributed by atoms with Crippen LogP contribution in [0.4, 0.5) is 0 Å². The number of rotatable bonds is 5. The Balaban J connectivity index is 1.52. The van der Waals surface area contributed by atoms with Gasteiger partial charge in [-0.05, 0) is 38.4 Å². The molecule has 4 heterocycles. The van der Waals surface area contributed by atoms with Gasteiger partial charge in [-0.1, -0.05) is 0 Å². The standard InChI is InChI=1S/C18H21N7O/c1-14-20-7-6-15(21-14)11-23-9-2-3-16(23)12-25-18(26)5-4-17(22-25)24-10-8-19-13-24/h4-8,10,13,16H,2-3,9,11-12H2,1H3. The van der Waals surface area contributed by atoms with Gasteiger partial charge >= 0.3 is 0 Å². The second-order valence-corrected chi connectivity index (χ2v) is 6.54. The molecule has 8 heteroatoms. The van der Waals surface area contributed by atoms with E-state index in [-0.39, 0.29) is 11.6 Å². The van der Waals surface area contributed by atoms with Gasteiger partial charge < -0.3 is 0 Å². The van der Waals surface area contributed by atoms with Crippen molar-refractivity contribution in [2.75, 3.05) is 6.54 Å². The van der Waals surface area contributed by atoms with E-state index >= 15 is 0 Å². The molecule has 0 aromatic carbocycles. The molecule has 0 bridgehead atoms. The fourth-order valence-corrected chi connectivity index (χ4v) is 3.41. The SMILES string of the molecule is Cc1nccc(CN2CCCC2Cn2nc(-n3ccnc3)ccc2=O)n1. The molecule has 1 unspecified atom stereocenters. The summed E-state index contributed by atoms with van der Waals surface area (Å²) in [4.78, 5) is 27.3. The highest BCUT2D eigenvalue weighted by Gasteiger charge is 2.26. The molecular formula is C18H21N7O. The predicted octanol–water partition coefficient (Wildman–Crippen LogP) is 1.19. The van der Waals surface area contributed by atoms with Gasteiger partial charge in [0.2, 0.25) is 0 Å². The lowest BCUT2D eigenvalue weighted by molar-refractivity contribution is 0.214. The normalized spacial score (nSPS) is 17.7. The summed E-state index contributed by atoms with van der Waals surface area (Å²) in [5, 5.41) is 4.51. The van der Waals surface area contributed by atoms with Crippen molar-refractivity contribution in [3.8, 4) is 5.82 Å². The highest BCUT2D eigenvalue weighted by atomic mass is 16.1. The minimum absolute atomic E-state index is 0.0846. The Labute approximate surface area is 151 Å². The van der Waals surface area contributed by atoms with Gasteiger partial charge in [0.25, 0.3) is 5.56 Å². The van der Waals surface area contributed by atoms with Crippen LogP contribution < -0.4 is 5.56 Å². The molecule has 0 saturated carbocycles. The van der Waals surface area contributed by atoms with Crippen molar-refractivity contribution in [1.82, 2.24) is 34.2 Å². The van der Waals surface area contributed by atoms with Crippen molar-refractivity contribution < 1.29 is 0 Å². The quantitative estimate of drug-likeness (QED) is 0.687. The summed E-state index contributed by atoms with van der Waals surface area (Å²) in [6.45, 7) is 4.25. The number of likely N-dealkylation sites (tertiary alicyclic amines) is 1. The van der Waals surface area contributed by atoms with E-state index in [2.05, 4.69) is 25.0 Å². The van der Waals surface area contributed by atoms with Crippen molar-refractivity contribution >= 4 is 0 Å². The molecule has 0 aliphatic carbocycles. The van der Waals surface area contributed by atoms with E-state index in [0.717, 1.165) is 37.4 Å². The minimum Gasteiger partial charge on any atom is -0.293 e. The van der Waals surface area contributed by atoms with Crippen molar-refractivity contribution in [2.24, 2.45) is 0 Å². The number of imidazole rings is 1. The van der Waals surface area contributed by atoms with Crippen LogP contribution in [-0.4, -0.2) is 46.8 Å². The average molecular weight is 351 g/mol. The zero-order valence-corrected chi connectivity index (χ0v) is 14.7. The summed E-state index contributed by atoms with van der Waals surface area (Å²) in [6, 6.07) is 5.51. The predicted molar refractivity (Wildman–Crippen MR) is 95.8 cm³/mol. The molecule has 134 valence electrons. The molecule has 3 aromatic rings. The van der Waals surface area contributed by atoms with Crippen LogP contribution in [0.2, 0.25) is 0 Å². The number of aromatic nitrogens is 6. The Morgan fingerprint density at radius 2 is 2.15 bits per heavy atom. The summed E-state index contributed by atoms with van der Waals surface area (Å²) in [5.41, 5.74) is 0.926. The molecule has 1 saturated heterocycles. The van der Waals surface area contributed by atoms with E-state index in [1.807, 2.05) is 19.2 Å². The maximum Gasteiger partial charge on any atom is 0.266 e. The molecule has 1 aliphatic heterocycles. The van der Waals surface area contributed by atoms with Crippen LogP contribution in [0, 0.1) is 6.92 Å². The first-order valence-electron chi connectivity index (χ1n) is 8.78. The Morgan fingerprint density at radius 3 is 2.96 bits per heavy atom. The second-order valence-electron chi connectivity index (χ2n) is 6.54. The van der Waals surface area contributed by atoms with E-state index in [1.54, 1.807) is 40.1 Å². The molecule has 0 radical (unpaired) electrons. The molecule has 0 N–H and O–H groups in total. The largest absolute Gasteiger partial charge is 0.293 e. The first-order valence-corrected chi connectivity index (χ1v) is 8.78. The Hall–Kier alpha value is -2.87. The maximum atomic E-state index is 12.3. The van der Waals surface area contributed by atoms with Gasteiger partial charge in [-0.25, -0.2) is 19.6 Å². The zero-order chi connectivity index (χ0) is 17.9. The first kappa shape index (κ1) is 16.6. The highest BCUT2D eigenvalue weighted by molar-refractivity contribution is 5.19. The number of hydrogen-bond acceptors (Lipinski definition) is 6. The van der Waals surface area contributed by atoms with Crippen LogP contribution in [0.5, 0.6) is 0 Å². The molecule has 0 amide bonds. The zero-order valence-electron chi connectivity index (χ0n) is 14.7. The molecule has 8 nitrogen and oxygen atoms in total. The lowest BCUT2D eigenvalue weighted by atomic mass is 10.2. The third-order valence-electron chi connectivity index (χ3n) is 4.70. The molecule has 1 fully saturated rings. The average Bonchev–Trinajstić information content (AvgIpc) is 3.30. The van der Waals surface area contributed by atoms with Gasteiger partial charge in [-0.3, -0.25) is 14.3 Å². The van der Waals surface area contributed by atoms with Gasteiger partial charge in [0.1, 0.15) is 12.2 Å². The highest BCUT2D eigenvalue weighted by Crippen LogP contribution is 2.20. The summed E-state index contributed by atoms with van der Waals surface area (Å²) < 4.78 is 3.36. The summed E-state index contributed by atoms with van der Waals surface area (Å²) in [7, 11) is 0. The fraction of sp³-hybridized carbons (Fsp3) is 0.389. The van der Waals surface area contributed by atoms with Gasteiger partial charge in [-0.2, -0.15) is 5.10 Å². The minimum atomic E-state index is -0.0846. The summed E-state index contributed by atoms with van der Waals surface area (Å²) in [5.74, 6) is 1.47. The second kappa shape index (κ2) is 7.17. The van der Waals surface area contributed by atoms with Crippen LogP contribution >= 0.6 is 0 Å². The van der Waals surface area contributed by atoms with E-state index in [4.69, 9.17) is 0 Å². The van der Waals surface area contributed by atoms with Crippen molar-refractivity contribution in [3.63, 3.8) is 0 Å². The van der Waals surface area contributed by atoms with Crippen LogP contribution in [-0.2, 0) is 13.1 Å². The Kier molecular flexibility index (Phi) is 4.57. The molecule has 3 aromatic heterocycles. The van der Waals surface area contributed by atoms with Crippen molar-refractivity contribution in [1.29, 1.82) is 0 Å². The number of nitrogens with zero attached hydrogens (tertiary/aromatic N) is 7. The van der Waals surface area contributed by atoms with Crippen molar-refractivity contribution in [2.45, 2.75) is 38.9 Å². The Morgan fingerprint density at radius 1 is 1.23 bits per heavy atom. The van der Waals surface area contributed by atoms with Crippen LogP contribution in [0.25, 0.3) is 5.82 Å². The molecule has 4 rings (SSSR count). The van der Waals surface area contributed by atoms with Gasteiger partial charge in [0.05, 0.1) is 12.2 Å². The molecule has 1 atom stereocenters. The summed E-state index contributed by atoms with van der Waals surface area (Å²) in [6.07, 6.45) is 9.15. The van der Waals surface area contributed by atoms with E-state index in [0.29, 0.717) is 12.4 Å². The third-order valence-corrected chi connectivity index (χ3v) is 4.70. The van der Waals surface area contributed by atoms with Gasteiger partial charge in [0.15, 0.2) is 5.82 Å². The van der Waals surface area contributed by atoms with E-state index in [1.165, 1.54) is 0 Å². The molecular weight excluding hydrogens is 330 g/mol. The van der Waals surface area contributed by atoms with Crippen LogP contribution in [0.1, 0.15) is 24.4 Å². The van der Waals surface area contributed by atoms with Gasteiger partial charge in [-0.15, -0.1) is 0 Å². The van der Waals surface area contributed by atoms with E-state index < -0.39 is 0 Å². The Bertz CT molecular complexity index is 935. The van der Waals surface area contributed by atoms with Crippen LogP contribution in [0.15, 0.2) is 47.9 Å². The maximum absolute atomic E-state index is 12.3. The topological polar surface area (TPSA) is 81.7 Å². The first-order chi connectivity index (χ1) is 12.7. The van der Waals surface area contributed by atoms with E-state index in [9.17, 15) is 4.79 Å². The monoisotopic (exact) mass is 351 g/mol.